The lowest BCUT2D eigenvalue weighted by Crippen LogP contribution is -2.16. The summed E-state index contributed by atoms with van der Waals surface area (Å²) in [5.41, 5.74) is 9.79. The fraction of sp³-hybridized carbons (Fsp3) is 0.235. The first-order valence-electron chi connectivity index (χ1n) is 13.2. The first kappa shape index (κ1) is 28.5. The van der Waals surface area contributed by atoms with Gasteiger partial charge in [0.15, 0.2) is 0 Å². The largest absolute Gasteiger partial charge is 0.261 e. The maximum atomic E-state index is 5.96. The highest BCUT2D eigenvalue weighted by molar-refractivity contribution is 5.93. The molecule has 0 atom stereocenters. The average Bonchev–Trinajstić information content (AvgIpc) is 2.95. The van der Waals surface area contributed by atoms with Crippen molar-refractivity contribution in [3.63, 3.8) is 0 Å². The van der Waals surface area contributed by atoms with Crippen LogP contribution in [0.15, 0.2) is 101 Å². The summed E-state index contributed by atoms with van der Waals surface area (Å²) in [7, 11) is 0. The Labute approximate surface area is 228 Å². The zero-order valence-electron chi connectivity index (χ0n) is 23.3. The molecule has 4 nitrogen and oxygen atoms in total. The lowest BCUT2D eigenvalue weighted by molar-refractivity contribution is -0.119. The van der Waals surface area contributed by atoms with Crippen molar-refractivity contribution in [2.75, 3.05) is 0 Å². The van der Waals surface area contributed by atoms with E-state index in [1.807, 2.05) is 56.5 Å². The number of hydrazone groups is 1. The molecule has 3 rings (SSSR count). The third kappa shape index (κ3) is 7.50. The van der Waals surface area contributed by atoms with Crippen molar-refractivity contribution in [1.82, 2.24) is 5.17 Å². The van der Waals surface area contributed by atoms with Crippen LogP contribution in [0.25, 0.3) is 17.3 Å². The molecule has 0 amide bonds. The molecule has 0 aliphatic heterocycles. The van der Waals surface area contributed by atoms with Crippen LogP contribution >= 0.6 is 0 Å². The maximum Gasteiger partial charge on any atom is 0.102 e. The van der Waals surface area contributed by atoms with Crippen LogP contribution in [0.1, 0.15) is 67.0 Å². The number of aryl methyl sites for hydroxylation is 1. The second-order valence-electron chi connectivity index (χ2n) is 9.05. The van der Waals surface area contributed by atoms with Crippen molar-refractivity contribution < 1.29 is 4.84 Å². The molecule has 0 spiro atoms. The van der Waals surface area contributed by atoms with E-state index in [1.54, 1.807) is 0 Å². The predicted octanol–water partition coefficient (Wildman–Crippen LogP) is 9.03. The molecule has 0 saturated carbocycles. The van der Waals surface area contributed by atoms with Crippen LogP contribution in [0.4, 0.5) is 0 Å². The molecule has 0 aliphatic rings. The van der Waals surface area contributed by atoms with Crippen LogP contribution in [0.3, 0.4) is 0 Å². The molecule has 0 fully saturated rings. The molecule has 0 saturated heterocycles. The number of nitrogens with zero attached hydrogens (tertiary/aromatic N) is 3. The van der Waals surface area contributed by atoms with Gasteiger partial charge < -0.3 is 0 Å². The quantitative estimate of drug-likeness (QED) is 0.107. The number of hydrogen-bond donors (Lipinski definition) is 0. The van der Waals surface area contributed by atoms with E-state index in [4.69, 9.17) is 9.83 Å². The summed E-state index contributed by atoms with van der Waals surface area (Å²) < 4.78 is 0. The summed E-state index contributed by atoms with van der Waals surface area (Å²) in [6.45, 7) is 14.6. The number of hydrogen-bond acceptors (Lipinski definition) is 4. The Kier molecular flexibility index (Phi) is 11.0. The second kappa shape index (κ2) is 14.7. The van der Waals surface area contributed by atoms with Gasteiger partial charge >= 0.3 is 0 Å². The Hall–Kier alpha value is -4.02. The van der Waals surface area contributed by atoms with Gasteiger partial charge in [-0.25, -0.2) is 4.84 Å². The van der Waals surface area contributed by atoms with Gasteiger partial charge in [0.05, 0.1) is 11.4 Å². The van der Waals surface area contributed by atoms with Gasteiger partial charge in [-0.1, -0.05) is 98.3 Å². The van der Waals surface area contributed by atoms with Gasteiger partial charge in [-0.3, -0.25) is 4.99 Å². The molecule has 3 aromatic carbocycles. The number of aliphatic imine (C=N–C) groups is 1. The number of benzene rings is 3. The maximum absolute atomic E-state index is 5.96. The van der Waals surface area contributed by atoms with Crippen LogP contribution in [0, 0.1) is 13.8 Å². The Morgan fingerprint density at radius 1 is 0.921 bits per heavy atom. The van der Waals surface area contributed by atoms with Gasteiger partial charge in [0, 0.05) is 24.1 Å². The highest BCUT2D eigenvalue weighted by atomic mass is 16.7. The van der Waals surface area contributed by atoms with Gasteiger partial charge in [0.2, 0.25) is 0 Å². The fourth-order valence-electron chi connectivity index (χ4n) is 4.12. The summed E-state index contributed by atoms with van der Waals surface area (Å²) in [5.74, 6) is 0. The van der Waals surface area contributed by atoms with E-state index in [9.17, 15) is 0 Å². The normalized spacial score (nSPS) is 12.7. The van der Waals surface area contributed by atoms with E-state index in [-0.39, 0.29) is 0 Å². The van der Waals surface area contributed by atoms with Crippen molar-refractivity contribution in [2.24, 2.45) is 10.1 Å². The molecule has 196 valence electrons. The van der Waals surface area contributed by atoms with E-state index in [0.29, 0.717) is 6.61 Å². The van der Waals surface area contributed by atoms with Gasteiger partial charge in [0.25, 0.3) is 0 Å². The van der Waals surface area contributed by atoms with Crippen molar-refractivity contribution in [3.05, 3.63) is 124 Å². The third-order valence-electron chi connectivity index (χ3n) is 6.41. The standard InChI is InChI=1S/C34H39N3O/c1-7-10-23-36-33(8-2)32(31-18-14-15-26(4)27(31)5)24-28-19-21-30(22-20-28)34(9-3)37(35-6)38-25-29-16-12-11-13-17-29/h8-9,11-24H,6-7,10,25H2,1-5H3/b32-24-,33-8-,34-9-,36-23?. The van der Waals surface area contributed by atoms with Gasteiger partial charge in [-0.2, -0.15) is 5.10 Å². The minimum atomic E-state index is 0.405. The molecule has 0 radical (unpaired) electrons. The van der Waals surface area contributed by atoms with Crippen molar-refractivity contribution in [3.8, 4) is 0 Å². The molecule has 0 bridgehead atoms. The summed E-state index contributed by atoms with van der Waals surface area (Å²) in [6.07, 6.45) is 10.3. The molecular formula is C34H39N3O. The Bertz CT molecular complexity index is 1320. The molecule has 38 heavy (non-hydrogen) atoms. The van der Waals surface area contributed by atoms with Crippen molar-refractivity contribution in [2.45, 2.75) is 54.1 Å². The summed E-state index contributed by atoms with van der Waals surface area (Å²) in [4.78, 5) is 10.8. The smallest absolute Gasteiger partial charge is 0.102 e. The highest BCUT2D eigenvalue weighted by Gasteiger charge is 2.13. The molecule has 4 heteroatoms. The van der Waals surface area contributed by atoms with Crippen LogP contribution in [0.5, 0.6) is 0 Å². The summed E-state index contributed by atoms with van der Waals surface area (Å²) in [6, 6.07) is 24.9. The molecule has 0 N–H and O–H groups in total. The number of allylic oxidation sites excluding steroid dienone is 3. The minimum absolute atomic E-state index is 0.405. The predicted molar refractivity (Wildman–Crippen MR) is 164 cm³/mol. The Balaban J connectivity index is 1.93. The van der Waals surface area contributed by atoms with Crippen LogP contribution in [-0.2, 0) is 11.4 Å². The van der Waals surface area contributed by atoms with E-state index in [1.165, 1.54) is 21.9 Å². The highest BCUT2D eigenvalue weighted by Crippen LogP contribution is 2.31. The molecule has 0 heterocycles. The zero-order chi connectivity index (χ0) is 27.3. The van der Waals surface area contributed by atoms with E-state index < -0.39 is 0 Å². The molecular weight excluding hydrogens is 466 g/mol. The minimum Gasteiger partial charge on any atom is -0.261 e. The van der Waals surface area contributed by atoms with Gasteiger partial charge in [-0.15, -0.1) is 5.17 Å². The van der Waals surface area contributed by atoms with Crippen molar-refractivity contribution >= 4 is 30.3 Å². The van der Waals surface area contributed by atoms with Crippen LogP contribution in [0.2, 0.25) is 0 Å². The van der Waals surface area contributed by atoms with Crippen LogP contribution in [-0.4, -0.2) is 18.1 Å². The van der Waals surface area contributed by atoms with E-state index in [0.717, 1.165) is 46.5 Å². The second-order valence-corrected chi connectivity index (χ2v) is 9.05. The van der Waals surface area contributed by atoms with Gasteiger partial charge in [-0.05, 0) is 68.0 Å². The summed E-state index contributed by atoms with van der Waals surface area (Å²) in [5, 5.41) is 5.59. The lowest BCUT2D eigenvalue weighted by Gasteiger charge is -2.21. The lowest BCUT2D eigenvalue weighted by atomic mass is 9.93. The third-order valence-corrected chi connectivity index (χ3v) is 6.41. The first-order valence-corrected chi connectivity index (χ1v) is 13.2. The van der Waals surface area contributed by atoms with Crippen molar-refractivity contribution in [1.29, 1.82) is 0 Å². The Morgan fingerprint density at radius 3 is 2.29 bits per heavy atom. The molecule has 0 unspecified atom stereocenters. The van der Waals surface area contributed by atoms with E-state index >= 15 is 0 Å². The van der Waals surface area contributed by atoms with Crippen LogP contribution < -0.4 is 0 Å². The number of unbranched alkanes of at least 4 members (excludes halogenated alkanes) is 1. The molecule has 3 aromatic rings. The molecule has 0 aromatic heterocycles. The van der Waals surface area contributed by atoms with Gasteiger partial charge in [0.1, 0.15) is 6.61 Å². The van der Waals surface area contributed by atoms with E-state index in [2.05, 4.69) is 87.2 Å². The Morgan fingerprint density at radius 2 is 1.66 bits per heavy atom. The fourth-order valence-corrected chi connectivity index (χ4v) is 4.12. The topological polar surface area (TPSA) is 37.2 Å². The SMILES string of the molecule is C=NN(OCc1ccccc1)/C(=C\C)c1ccc(/C=C(\C(=C\C)N=CCCC)c2cccc(C)c2C)cc1. The first-order chi connectivity index (χ1) is 18.5. The summed E-state index contributed by atoms with van der Waals surface area (Å²) >= 11 is 0. The molecule has 0 aliphatic carbocycles. The number of rotatable bonds is 12. The monoisotopic (exact) mass is 505 g/mol. The average molecular weight is 506 g/mol. The number of hydroxylamine groups is 1. The zero-order valence-corrected chi connectivity index (χ0v) is 23.3.